The van der Waals surface area contributed by atoms with Crippen LogP contribution >= 0.6 is 0 Å². The molecule has 2 N–H and O–H groups in total. The predicted molar refractivity (Wildman–Crippen MR) is 75.7 cm³/mol. The van der Waals surface area contributed by atoms with Crippen LogP contribution < -0.4 is 5.73 Å². The summed E-state index contributed by atoms with van der Waals surface area (Å²) in [6.45, 7) is 5.27. The normalized spacial score (nSPS) is 21.2. The highest BCUT2D eigenvalue weighted by molar-refractivity contribution is 5.35. The van der Waals surface area contributed by atoms with Crippen molar-refractivity contribution in [2.75, 3.05) is 6.61 Å². The van der Waals surface area contributed by atoms with Gasteiger partial charge >= 0.3 is 0 Å². The summed E-state index contributed by atoms with van der Waals surface area (Å²) in [5.41, 5.74) is 10.3. The fourth-order valence-electron chi connectivity index (χ4n) is 2.77. The first-order chi connectivity index (χ1) is 8.68. The molecule has 2 nitrogen and oxygen atoms in total. The van der Waals surface area contributed by atoms with Crippen LogP contribution in [0.15, 0.2) is 18.2 Å². The van der Waals surface area contributed by atoms with Gasteiger partial charge in [-0.2, -0.15) is 0 Å². The average Bonchev–Trinajstić information content (AvgIpc) is 2.85. The van der Waals surface area contributed by atoms with E-state index in [-0.39, 0.29) is 6.04 Å². The molecule has 1 saturated heterocycles. The summed E-state index contributed by atoms with van der Waals surface area (Å²) in [5, 5.41) is 0. The van der Waals surface area contributed by atoms with Crippen LogP contribution in [0.4, 0.5) is 0 Å². The molecule has 0 saturated carbocycles. The van der Waals surface area contributed by atoms with Gasteiger partial charge in [-0.3, -0.25) is 0 Å². The molecule has 2 atom stereocenters. The SMILES string of the molecule is Cc1cccc(C(N)CCCC2CCCO2)c1C. The lowest BCUT2D eigenvalue weighted by Crippen LogP contribution is -2.13. The summed E-state index contributed by atoms with van der Waals surface area (Å²) >= 11 is 0. The molecule has 2 rings (SSSR count). The Morgan fingerprint density at radius 1 is 1.39 bits per heavy atom. The van der Waals surface area contributed by atoms with E-state index >= 15 is 0 Å². The summed E-state index contributed by atoms with van der Waals surface area (Å²) in [5.74, 6) is 0. The average molecular weight is 247 g/mol. The van der Waals surface area contributed by atoms with E-state index in [1.165, 1.54) is 42.4 Å². The summed E-state index contributed by atoms with van der Waals surface area (Å²) in [7, 11) is 0. The number of ether oxygens (including phenoxy) is 1. The Kier molecular flexibility index (Phi) is 4.79. The van der Waals surface area contributed by atoms with Crippen LogP contribution in [0.25, 0.3) is 0 Å². The monoisotopic (exact) mass is 247 g/mol. The van der Waals surface area contributed by atoms with E-state index in [1.807, 2.05) is 0 Å². The highest BCUT2D eigenvalue weighted by atomic mass is 16.5. The van der Waals surface area contributed by atoms with Crippen LogP contribution in [0.3, 0.4) is 0 Å². The summed E-state index contributed by atoms with van der Waals surface area (Å²) < 4.78 is 5.64. The zero-order valence-corrected chi connectivity index (χ0v) is 11.6. The molecule has 100 valence electrons. The number of hydrogen-bond donors (Lipinski definition) is 1. The zero-order chi connectivity index (χ0) is 13.0. The van der Waals surface area contributed by atoms with Crippen LogP contribution in [-0.2, 0) is 4.74 Å². The molecule has 0 bridgehead atoms. The highest BCUT2D eigenvalue weighted by Gasteiger charge is 2.16. The van der Waals surface area contributed by atoms with Crippen molar-refractivity contribution < 1.29 is 4.74 Å². The summed E-state index contributed by atoms with van der Waals surface area (Å²) in [6.07, 6.45) is 6.35. The molecule has 2 heteroatoms. The smallest absolute Gasteiger partial charge is 0.0576 e. The number of hydrogen-bond acceptors (Lipinski definition) is 2. The molecule has 0 aromatic heterocycles. The second kappa shape index (κ2) is 6.35. The van der Waals surface area contributed by atoms with E-state index in [9.17, 15) is 0 Å². The van der Waals surface area contributed by atoms with Crippen molar-refractivity contribution >= 4 is 0 Å². The molecular weight excluding hydrogens is 222 g/mol. The van der Waals surface area contributed by atoms with Crippen molar-refractivity contribution in [3.63, 3.8) is 0 Å². The second-order valence-corrected chi connectivity index (χ2v) is 5.46. The molecule has 2 unspecified atom stereocenters. The minimum atomic E-state index is 0.173. The van der Waals surface area contributed by atoms with E-state index in [1.54, 1.807) is 0 Å². The Morgan fingerprint density at radius 3 is 2.94 bits per heavy atom. The quantitative estimate of drug-likeness (QED) is 0.862. The third kappa shape index (κ3) is 3.33. The summed E-state index contributed by atoms with van der Waals surface area (Å²) in [6, 6.07) is 6.60. The Hall–Kier alpha value is -0.860. The van der Waals surface area contributed by atoms with Gasteiger partial charge < -0.3 is 10.5 Å². The Labute approximate surface area is 111 Å². The standard InChI is InChI=1S/C16H25NO/c1-12-6-3-9-15(13(12)2)16(17)10-4-7-14-8-5-11-18-14/h3,6,9,14,16H,4-5,7-8,10-11,17H2,1-2H3. The number of rotatable bonds is 5. The molecule has 1 aliphatic heterocycles. The predicted octanol–water partition coefficient (Wildman–Crippen LogP) is 3.65. The highest BCUT2D eigenvalue weighted by Crippen LogP contribution is 2.24. The van der Waals surface area contributed by atoms with Gasteiger partial charge in [0.1, 0.15) is 0 Å². The van der Waals surface area contributed by atoms with Gasteiger partial charge in [0.25, 0.3) is 0 Å². The van der Waals surface area contributed by atoms with Gasteiger partial charge in [-0.1, -0.05) is 18.2 Å². The van der Waals surface area contributed by atoms with E-state index in [0.29, 0.717) is 6.10 Å². The fraction of sp³-hybridized carbons (Fsp3) is 0.625. The lowest BCUT2D eigenvalue weighted by Gasteiger charge is -2.17. The van der Waals surface area contributed by atoms with Gasteiger partial charge in [0.05, 0.1) is 6.10 Å². The largest absolute Gasteiger partial charge is 0.378 e. The van der Waals surface area contributed by atoms with E-state index in [4.69, 9.17) is 10.5 Å². The van der Waals surface area contributed by atoms with E-state index in [2.05, 4.69) is 32.0 Å². The van der Waals surface area contributed by atoms with Crippen LogP contribution in [-0.4, -0.2) is 12.7 Å². The molecule has 1 aromatic rings. The molecule has 1 aromatic carbocycles. The van der Waals surface area contributed by atoms with Gasteiger partial charge in [0.2, 0.25) is 0 Å². The number of nitrogens with two attached hydrogens (primary N) is 1. The zero-order valence-electron chi connectivity index (χ0n) is 11.6. The van der Waals surface area contributed by atoms with Gasteiger partial charge in [0, 0.05) is 12.6 Å². The molecule has 1 fully saturated rings. The summed E-state index contributed by atoms with van der Waals surface area (Å²) in [4.78, 5) is 0. The lowest BCUT2D eigenvalue weighted by atomic mass is 9.94. The first-order valence-corrected chi connectivity index (χ1v) is 7.12. The Morgan fingerprint density at radius 2 is 2.22 bits per heavy atom. The maximum atomic E-state index is 6.31. The molecule has 0 amide bonds. The maximum absolute atomic E-state index is 6.31. The van der Waals surface area contributed by atoms with Crippen molar-refractivity contribution in [3.05, 3.63) is 34.9 Å². The first kappa shape index (κ1) is 13.6. The number of aryl methyl sites for hydroxylation is 1. The van der Waals surface area contributed by atoms with Crippen molar-refractivity contribution in [1.82, 2.24) is 0 Å². The van der Waals surface area contributed by atoms with Crippen molar-refractivity contribution in [2.24, 2.45) is 5.73 Å². The van der Waals surface area contributed by atoms with Crippen LogP contribution in [0.1, 0.15) is 54.8 Å². The molecule has 18 heavy (non-hydrogen) atoms. The van der Waals surface area contributed by atoms with Gasteiger partial charge in [-0.15, -0.1) is 0 Å². The van der Waals surface area contributed by atoms with Crippen LogP contribution in [0.2, 0.25) is 0 Å². The number of benzene rings is 1. The fourth-order valence-corrected chi connectivity index (χ4v) is 2.77. The van der Waals surface area contributed by atoms with Gasteiger partial charge in [-0.25, -0.2) is 0 Å². The van der Waals surface area contributed by atoms with Crippen molar-refractivity contribution in [1.29, 1.82) is 0 Å². The topological polar surface area (TPSA) is 35.2 Å². The van der Waals surface area contributed by atoms with E-state index < -0.39 is 0 Å². The molecule has 0 radical (unpaired) electrons. The Bertz CT molecular complexity index is 383. The van der Waals surface area contributed by atoms with E-state index in [0.717, 1.165) is 13.0 Å². The lowest BCUT2D eigenvalue weighted by molar-refractivity contribution is 0.101. The molecule has 1 aliphatic rings. The van der Waals surface area contributed by atoms with Crippen LogP contribution in [0, 0.1) is 13.8 Å². The first-order valence-electron chi connectivity index (χ1n) is 7.12. The maximum Gasteiger partial charge on any atom is 0.0576 e. The van der Waals surface area contributed by atoms with Crippen LogP contribution in [0.5, 0.6) is 0 Å². The molecule has 1 heterocycles. The minimum absolute atomic E-state index is 0.173. The third-order valence-corrected chi connectivity index (χ3v) is 4.11. The van der Waals surface area contributed by atoms with Crippen molar-refractivity contribution in [2.45, 2.75) is 58.1 Å². The van der Waals surface area contributed by atoms with Gasteiger partial charge in [0.15, 0.2) is 0 Å². The molecule has 0 aliphatic carbocycles. The van der Waals surface area contributed by atoms with Crippen molar-refractivity contribution in [3.8, 4) is 0 Å². The molecule has 0 spiro atoms. The minimum Gasteiger partial charge on any atom is -0.378 e. The van der Waals surface area contributed by atoms with Gasteiger partial charge in [-0.05, 0) is 62.6 Å². The molecular formula is C16H25NO. The second-order valence-electron chi connectivity index (χ2n) is 5.46. The third-order valence-electron chi connectivity index (χ3n) is 4.11. The Balaban J connectivity index is 1.83.